The molecule has 0 spiro atoms. The monoisotopic (exact) mass is 464 g/mol. The van der Waals surface area contributed by atoms with Crippen LogP contribution in [0.5, 0.6) is 0 Å². The van der Waals surface area contributed by atoms with Gasteiger partial charge in [0.25, 0.3) is 5.91 Å². The summed E-state index contributed by atoms with van der Waals surface area (Å²) >= 11 is 1.77. The molecule has 0 aliphatic heterocycles. The average molecular weight is 465 g/mol. The summed E-state index contributed by atoms with van der Waals surface area (Å²) < 4.78 is 13.2. The summed E-state index contributed by atoms with van der Waals surface area (Å²) in [5.41, 5.74) is 2.10. The third kappa shape index (κ3) is 8.06. The van der Waals surface area contributed by atoms with E-state index < -0.39 is 17.8 Å². The molecule has 2 N–H and O–H groups in total. The fraction of sp³-hybridized carbons (Fsp3) is 0.259. The minimum Gasteiger partial charge on any atom is -0.340 e. The highest BCUT2D eigenvalue weighted by Crippen LogP contribution is 2.27. The maximum Gasteiger partial charge on any atom is 0.251 e. The van der Waals surface area contributed by atoms with E-state index in [1.54, 1.807) is 11.8 Å². The zero-order valence-electron chi connectivity index (χ0n) is 19.1. The molecule has 0 aliphatic carbocycles. The van der Waals surface area contributed by atoms with Gasteiger partial charge in [0.15, 0.2) is 0 Å². The Hall–Kier alpha value is -3.12. The molecular weight excluding hydrogens is 435 g/mol. The number of carbonyl (C=O) groups excluding carboxylic acids is 2. The summed E-state index contributed by atoms with van der Waals surface area (Å²) in [5.74, 6) is -0.175. The molecule has 3 rings (SSSR count). The Kier molecular flexibility index (Phi) is 8.28. The molecule has 33 heavy (non-hydrogen) atoms. The highest BCUT2D eigenvalue weighted by molar-refractivity contribution is 7.99. The third-order valence-corrected chi connectivity index (χ3v) is 6.42. The van der Waals surface area contributed by atoms with Crippen molar-refractivity contribution in [3.63, 3.8) is 0 Å². The van der Waals surface area contributed by atoms with E-state index in [-0.39, 0.29) is 11.3 Å². The first-order valence-electron chi connectivity index (χ1n) is 10.8. The van der Waals surface area contributed by atoms with Gasteiger partial charge in [-0.3, -0.25) is 9.59 Å². The Morgan fingerprint density at radius 3 is 2.15 bits per heavy atom. The molecule has 0 aromatic heterocycles. The first-order chi connectivity index (χ1) is 15.7. The number of nitrogens with one attached hydrogen (secondary N) is 2. The van der Waals surface area contributed by atoms with Crippen molar-refractivity contribution in [2.75, 3.05) is 11.1 Å². The Morgan fingerprint density at radius 2 is 1.55 bits per heavy atom. The van der Waals surface area contributed by atoms with Crippen LogP contribution in [0.2, 0.25) is 0 Å². The van der Waals surface area contributed by atoms with Gasteiger partial charge in [0.1, 0.15) is 11.9 Å². The number of thioether (sulfide) groups is 1. The molecule has 0 bridgehead atoms. The van der Waals surface area contributed by atoms with Crippen molar-refractivity contribution in [3.05, 3.63) is 95.8 Å². The predicted molar refractivity (Wildman–Crippen MR) is 133 cm³/mol. The third-order valence-electron chi connectivity index (χ3n) is 4.80. The number of rotatable bonds is 8. The van der Waals surface area contributed by atoms with Crippen LogP contribution < -0.4 is 10.6 Å². The van der Waals surface area contributed by atoms with Crippen molar-refractivity contribution in [2.24, 2.45) is 5.41 Å². The van der Waals surface area contributed by atoms with Gasteiger partial charge in [-0.1, -0.05) is 51.1 Å². The molecule has 172 valence electrons. The Labute approximate surface area is 199 Å². The summed E-state index contributed by atoms with van der Waals surface area (Å²) in [5, 5.41) is 5.70. The zero-order valence-corrected chi connectivity index (χ0v) is 19.9. The molecule has 0 fully saturated rings. The Balaban J connectivity index is 1.70. The van der Waals surface area contributed by atoms with Crippen molar-refractivity contribution in [2.45, 2.75) is 38.1 Å². The topological polar surface area (TPSA) is 58.2 Å². The van der Waals surface area contributed by atoms with E-state index in [0.717, 1.165) is 16.2 Å². The molecule has 6 heteroatoms. The van der Waals surface area contributed by atoms with E-state index in [2.05, 4.69) is 31.4 Å². The Morgan fingerprint density at radius 1 is 0.909 bits per heavy atom. The van der Waals surface area contributed by atoms with Crippen LogP contribution in [0, 0.1) is 11.2 Å². The quantitative estimate of drug-likeness (QED) is 0.406. The fourth-order valence-corrected chi connectivity index (χ4v) is 3.99. The van der Waals surface area contributed by atoms with Gasteiger partial charge in [0, 0.05) is 28.3 Å². The summed E-state index contributed by atoms with van der Waals surface area (Å²) in [6, 6.07) is 21.6. The first kappa shape index (κ1) is 24.5. The number of hydrogen-bond donors (Lipinski definition) is 2. The second-order valence-corrected chi connectivity index (χ2v) is 10.1. The fourth-order valence-electron chi connectivity index (χ4n) is 3.07. The largest absolute Gasteiger partial charge is 0.340 e. The van der Waals surface area contributed by atoms with Gasteiger partial charge in [-0.2, -0.15) is 0 Å². The molecule has 3 aromatic carbocycles. The van der Waals surface area contributed by atoms with Gasteiger partial charge < -0.3 is 10.6 Å². The zero-order chi connectivity index (χ0) is 23.8. The summed E-state index contributed by atoms with van der Waals surface area (Å²) in [6.07, 6.45) is 0.332. The highest BCUT2D eigenvalue weighted by atomic mass is 32.2. The van der Waals surface area contributed by atoms with Gasteiger partial charge in [0.05, 0.1) is 0 Å². The van der Waals surface area contributed by atoms with Crippen LogP contribution in [0.3, 0.4) is 0 Å². The number of amides is 2. The number of halogens is 1. The molecule has 0 radical (unpaired) electrons. The van der Waals surface area contributed by atoms with Crippen LogP contribution in [0.25, 0.3) is 0 Å². The summed E-state index contributed by atoms with van der Waals surface area (Å²) in [4.78, 5) is 26.9. The lowest BCUT2D eigenvalue weighted by atomic mass is 10.0. The van der Waals surface area contributed by atoms with Crippen LogP contribution in [0.15, 0.2) is 83.8 Å². The second kappa shape index (κ2) is 11.1. The van der Waals surface area contributed by atoms with Gasteiger partial charge >= 0.3 is 0 Å². The average Bonchev–Trinajstić information content (AvgIpc) is 2.78. The summed E-state index contributed by atoms with van der Waals surface area (Å²) in [6.45, 7) is 6.59. The minimum atomic E-state index is -0.792. The SMILES string of the molecule is CC(C)(C)CSc1ccc(NC(=O)[C@H](Cc2ccccc2)NC(=O)c2ccc(F)cc2)cc1. The lowest BCUT2D eigenvalue weighted by Crippen LogP contribution is -2.45. The van der Waals surface area contributed by atoms with E-state index in [0.29, 0.717) is 17.7 Å². The van der Waals surface area contributed by atoms with Gasteiger partial charge in [0.2, 0.25) is 5.91 Å². The van der Waals surface area contributed by atoms with E-state index in [1.807, 2.05) is 54.6 Å². The van der Waals surface area contributed by atoms with E-state index in [1.165, 1.54) is 24.3 Å². The van der Waals surface area contributed by atoms with Crippen molar-refractivity contribution < 1.29 is 14.0 Å². The molecule has 1 atom stereocenters. The predicted octanol–water partition coefficient (Wildman–Crippen LogP) is 5.94. The smallest absolute Gasteiger partial charge is 0.251 e. The molecule has 2 amide bonds. The molecular formula is C27H29FN2O2S. The molecule has 0 saturated carbocycles. The maximum absolute atomic E-state index is 13.2. The first-order valence-corrected chi connectivity index (χ1v) is 11.8. The lowest BCUT2D eigenvalue weighted by molar-refractivity contribution is -0.118. The minimum absolute atomic E-state index is 0.227. The molecule has 0 saturated heterocycles. The Bertz CT molecular complexity index is 1060. The van der Waals surface area contributed by atoms with Crippen molar-refractivity contribution in [3.8, 4) is 0 Å². The molecule has 0 unspecified atom stereocenters. The number of hydrogen-bond acceptors (Lipinski definition) is 3. The molecule has 4 nitrogen and oxygen atoms in total. The molecule has 0 aliphatic rings. The van der Waals surface area contributed by atoms with Crippen LogP contribution in [0.1, 0.15) is 36.7 Å². The molecule has 0 heterocycles. The second-order valence-electron chi connectivity index (χ2n) is 9.09. The van der Waals surface area contributed by atoms with Crippen LogP contribution in [-0.2, 0) is 11.2 Å². The van der Waals surface area contributed by atoms with Crippen molar-refractivity contribution in [1.29, 1.82) is 0 Å². The number of anilines is 1. The highest BCUT2D eigenvalue weighted by Gasteiger charge is 2.22. The molecule has 3 aromatic rings. The standard InChI is InChI=1S/C27H29FN2O2S/c1-27(2,3)18-33-23-15-13-22(14-16-23)29-26(32)24(17-19-7-5-4-6-8-19)30-25(31)20-9-11-21(28)12-10-20/h4-16,24H,17-18H2,1-3H3,(H,29,32)(H,30,31)/t24-/m0/s1. The van der Waals surface area contributed by atoms with Gasteiger partial charge in [-0.05, 0) is 59.5 Å². The number of carbonyl (C=O) groups is 2. The van der Waals surface area contributed by atoms with Gasteiger partial charge in [-0.15, -0.1) is 11.8 Å². The van der Waals surface area contributed by atoms with Gasteiger partial charge in [-0.25, -0.2) is 4.39 Å². The van der Waals surface area contributed by atoms with Crippen LogP contribution in [0.4, 0.5) is 10.1 Å². The van der Waals surface area contributed by atoms with E-state index in [4.69, 9.17) is 0 Å². The van der Waals surface area contributed by atoms with Crippen molar-refractivity contribution in [1.82, 2.24) is 5.32 Å². The summed E-state index contributed by atoms with van der Waals surface area (Å²) in [7, 11) is 0. The number of benzene rings is 3. The van der Waals surface area contributed by atoms with Crippen LogP contribution in [-0.4, -0.2) is 23.6 Å². The normalized spacial score (nSPS) is 12.1. The van der Waals surface area contributed by atoms with Crippen LogP contribution >= 0.6 is 11.8 Å². The van der Waals surface area contributed by atoms with E-state index >= 15 is 0 Å². The van der Waals surface area contributed by atoms with Crippen molar-refractivity contribution >= 4 is 29.3 Å². The maximum atomic E-state index is 13.2. The van der Waals surface area contributed by atoms with E-state index in [9.17, 15) is 14.0 Å². The lowest BCUT2D eigenvalue weighted by Gasteiger charge is -2.19.